The number of carbonyl (C=O) groups excluding carboxylic acids is 1. The van der Waals surface area contributed by atoms with E-state index in [2.05, 4.69) is 9.98 Å². The SMILES string of the molecule is CC=C(C)C(=NC)c1cc(C)nc2c(OCc3c(Cl)cc(C)nc3COC(=O)C(C)C)cccc12. The lowest BCUT2D eigenvalue weighted by atomic mass is 9.98. The molecule has 0 spiro atoms. The molecule has 0 saturated heterocycles. The van der Waals surface area contributed by atoms with Crippen LogP contribution in [0.25, 0.3) is 10.9 Å². The zero-order chi connectivity index (χ0) is 25.7. The predicted molar refractivity (Wildman–Crippen MR) is 141 cm³/mol. The molecule has 1 aromatic carbocycles. The summed E-state index contributed by atoms with van der Waals surface area (Å²) in [5, 5.41) is 1.47. The number of carbonyl (C=O) groups is 1. The number of aliphatic imine (C=N–C) groups is 1. The van der Waals surface area contributed by atoms with E-state index in [0.717, 1.165) is 39.1 Å². The van der Waals surface area contributed by atoms with Gasteiger partial charge in [0, 0.05) is 34.9 Å². The van der Waals surface area contributed by atoms with E-state index >= 15 is 0 Å². The maximum absolute atomic E-state index is 12.0. The van der Waals surface area contributed by atoms with Crippen molar-refractivity contribution in [2.45, 2.75) is 54.8 Å². The van der Waals surface area contributed by atoms with E-state index in [0.29, 0.717) is 22.0 Å². The van der Waals surface area contributed by atoms with Gasteiger partial charge in [0.1, 0.15) is 24.5 Å². The van der Waals surface area contributed by atoms with Crippen molar-refractivity contribution < 1.29 is 14.3 Å². The first-order valence-corrected chi connectivity index (χ1v) is 12.0. The lowest BCUT2D eigenvalue weighted by Gasteiger charge is -2.16. The first kappa shape index (κ1) is 26.4. The molecule has 0 bridgehead atoms. The summed E-state index contributed by atoms with van der Waals surface area (Å²) in [5.41, 5.74) is 6.63. The molecule has 7 heteroatoms. The van der Waals surface area contributed by atoms with E-state index in [-0.39, 0.29) is 25.1 Å². The number of aromatic nitrogens is 2. The van der Waals surface area contributed by atoms with Crippen molar-refractivity contribution in [2.75, 3.05) is 7.05 Å². The Morgan fingerprint density at radius 1 is 1.14 bits per heavy atom. The molecule has 2 aromatic heterocycles. The number of esters is 1. The zero-order valence-electron chi connectivity index (χ0n) is 21.4. The third kappa shape index (κ3) is 6.06. The van der Waals surface area contributed by atoms with Crippen LogP contribution >= 0.6 is 11.6 Å². The van der Waals surface area contributed by atoms with E-state index in [1.807, 2.05) is 58.0 Å². The fraction of sp³-hybridized carbons (Fsp3) is 0.357. The fourth-order valence-corrected chi connectivity index (χ4v) is 4.08. The number of hydrogen-bond acceptors (Lipinski definition) is 6. The van der Waals surface area contributed by atoms with E-state index in [1.54, 1.807) is 27.0 Å². The van der Waals surface area contributed by atoms with Gasteiger partial charge in [-0.3, -0.25) is 14.8 Å². The van der Waals surface area contributed by atoms with Gasteiger partial charge in [-0.1, -0.05) is 43.7 Å². The normalized spacial score (nSPS) is 12.4. The molecule has 0 amide bonds. The summed E-state index contributed by atoms with van der Waals surface area (Å²) >= 11 is 6.56. The number of ether oxygens (including phenoxy) is 2. The summed E-state index contributed by atoms with van der Waals surface area (Å²) in [6.07, 6.45) is 2.05. The third-order valence-electron chi connectivity index (χ3n) is 5.69. The van der Waals surface area contributed by atoms with Crippen LogP contribution < -0.4 is 4.74 Å². The molecule has 0 radical (unpaired) electrons. The predicted octanol–water partition coefficient (Wildman–Crippen LogP) is 6.56. The topological polar surface area (TPSA) is 73.7 Å². The van der Waals surface area contributed by atoms with Crippen molar-refractivity contribution in [1.29, 1.82) is 0 Å². The van der Waals surface area contributed by atoms with Crippen LogP contribution in [0.5, 0.6) is 5.75 Å². The van der Waals surface area contributed by atoms with Gasteiger partial charge in [-0.05, 0) is 51.5 Å². The standard InChI is InChI=1S/C28H32ClN3O3/c1-8-17(4)26(30-7)21-12-18(5)32-27-20(21)10-9-11-25(27)34-14-22-23(29)13-19(6)31-24(22)15-35-28(33)16(2)3/h8-13,16H,14-15H2,1-7H3. The van der Waals surface area contributed by atoms with Gasteiger partial charge in [0.25, 0.3) is 0 Å². The van der Waals surface area contributed by atoms with Gasteiger partial charge < -0.3 is 9.47 Å². The molecular formula is C28H32ClN3O3. The molecule has 184 valence electrons. The minimum atomic E-state index is -0.289. The molecule has 0 aliphatic rings. The second-order valence-electron chi connectivity index (χ2n) is 8.73. The van der Waals surface area contributed by atoms with E-state index in [1.165, 1.54) is 0 Å². The number of fused-ring (bicyclic) bond motifs is 1. The maximum atomic E-state index is 12.0. The van der Waals surface area contributed by atoms with Crippen molar-refractivity contribution in [3.8, 4) is 5.75 Å². The largest absolute Gasteiger partial charge is 0.486 e. The minimum Gasteiger partial charge on any atom is -0.486 e. The molecule has 0 fully saturated rings. The lowest BCUT2D eigenvalue weighted by Crippen LogP contribution is -2.14. The molecule has 35 heavy (non-hydrogen) atoms. The fourth-order valence-electron chi connectivity index (χ4n) is 3.76. The molecule has 0 atom stereocenters. The lowest BCUT2D eigenvalue weighted by molar-refractivity contribution is -0.148. The summed E-state index contributed by atoms with van der Waals surface area (Å²) in [7, 11) is 1.80. The zero-order valence-corrected chi connectivity index (χ0v) is 22.2. The summed E-state index contributed by atoms with van der Waals surface area (Å²) in [6, 6.07) is 9.68. The van der Waals surface area contributed by atoms with Gasteiger partial charge in [-0.2, -0.15) is 0 Å². The van der Waals surface area contributed by atoms with Crippen LogP contribution in [-0.4, -0.2) is 28.7 Å². The van der Waals surface area contributed by atoms with E-state index < -0.39 is 0 Å². The van der Waals surface area contributed by atoms with Crippen LogP contribution in [-0.2, 0) is 22.7 Å². The molecule has 0 unspecified atom stereocenters. The molecule has 3 rings (SSSR count). The van der Waals surface area contributed by atoms with Crippen LogP contribution in [0.15, 0.2) is 47.0 Å². The van der Waals surface area contributed by atoms with E-state index in [4.69, 9.17) is 26.1 Å². The number of nitrogens with zero attached hydrogens (tertiary/aromatic N) is 3. The highest BCUT2D eigenvalue weighted by atomic mass is 35.5. The summed E-state index contributed by atoms with van der Waals surface area (Å²) in [6.45, 7) is 11.6. The highest BCUT2D eigenvalue weighted by Crippen LogP contribution is 2.31. The van der Waals surface area contributed by atoms with Gasteiger partial charge in [-0.25, -0.2) is 4.98 Å². The Hall–Kier alpha value is -3.25. The Balaban J connectivity index is 1.99. The van der Waals surface area contributed by atoms with Crippen molar-refractivity contribution in [3.05, 3.63) is 75.2 Å². The first-order chi connectivity index (χ1) is 16.7. The van der Waals surface area contributed by atoms with Gasteiger partial charge >= 0.3 is 5.97 Å². The highest BCUT2D eigenvalue weighted by Gasteiger charge is 2.17. The van der Waals surface area contributed by atoms with Crippen LogP contribution in [0.1, 0.15) is 55.9 Å². The number of para-hydroxylation sites is 1. The molecule has 0 aliphatic heterocycles. The van der Waals surface area contributed by atoms with Crippen LogP contribution in [0.4, 0.5) is 0 Å². The Kier molecular flexibility index (Phi) is 8.62. The monoisotopic (exact) mass is 493 g/mol. The number of allylic oxidation sites excluding steroid dienone is 2. The van der Waals surface area contributed by atoms with Gasteiger partial charge in [0.05, 0.1) is 22.3 Å². The Morgan fingerprint density at radius 2 is 1.86 bits per heavy atom. The van der Waals surface area contributed by atoms with Crippen molar-refractivity contribution >= 4 is 34.2 Å². The maximum Gasteiger partial charge on any atom is 0.308 e. The van der Waals surface area contributed by atoms with Crippen molar-refractivity contribution in [1.82, 2.24) is 9.97 Å². The van der Waals surface area contributed by atoms with Crippen molar-refractivity contribution in [2.24, 2.45) is 10.9 Å². The van der Waals surface area contributed by atoms with Crippen molar-refractivity contribution in [3.63, 3.8) is 0 Å². The Labute approximate surface area is 212 Å². The number of rotatable bonds is 8. The third-order valence-corrected chi connectivity index (χ3v) is 6.03. The Morgan fingerprint density at radius 3 is 2.51 bits per heavy atom. The van der Waals surface area contributed by atoms with Gasteiger partial charge in [-0.15, -0.1) is 0 Å². The summed E-state index contributed by atoms with van der Waals surface area (Å²) in [4.78, 5) is 25.9. The second kappa shape index (κ2) is 11.5. The molecule has 0 aliphatic carbocycles. The molecule has 2 heterocycles. The van der Waals surface area contributed by atoms with Gasteiger partial charge in [0.15, 0.2) is 0 Å². The number of halogens is 1. The molecule has 6 nitrogen and oxygen atoms in total. The molecule has 0 N–H and O–H groups in total. The van der Waals surface area contributed by atoms with Gasteiger partial charge in [0.2, 0.25) is 0 Å². The molecule has 0 saturated carbocycles. The van der Waals surface area contributed by atoms with Crippen LogP contribution in [0.3, 0.4) is 0 Å². The highest BCUT2D eigenvalue weighted by molar-refractivity contribution is 6.31. The Bertz CT molecular complexity index is 1310. The quantitative estimate of drug-likeness (QED) is 0.262. The van der Waals surface area contributed by atoms with Crippen LogP contribution in [0.2, 0.25) is 5.02 Å². The first-order valence-electron chi connectivity index (χ1n) is 11.6. The second-order valence-corrected chi connectivity index (χ2v) is 9.14. The summed E-state index contributed by atoms with van der Waals surface area (Å²) < 4.78 is 11.7. The minimum absolute atomic E-state index is 0.0348. The van der Waals surface area contributed by atoms with E-state index in [9.17, 15) is 4.79 Å². The summed E-state index contributed by atoms with van der Waals surface area (Å²) in [5.74, 6) is 0.113. The average molecular weight is 494 g/mol. The van der Waals surface area contributed by atoms with Crippen LogP contribution in [0, 0.1) is 19.8 Å². The average Bonchev–Trinajstić information content (AvgIpc) is 2.81. The number of pyridine rings is 2. The smallest absolute Gasteiger partial charge is 0.308 e. The number of hydrogen-bond donors (Lipinski definition) is 0. The molecule has 3 aromatic rings. The molecular weight excluding hydrogens is 462 g/mol. The number of benzene rings is 1. The number of aryl methyl sites for hydroxylation is 2.